The van der Waals surface area contributed by atoms with Crippen molar-refractivity contribution < 1.29 is 4.74 Å². The first-order chi connectivity index (χ1) is 10.3. The van der Waals surface area contributed by atoms with Gasteiger partial charge in [0.2, 0.25) is 11.9 Å². The average Bonchev–Trinajstić information content (AvgIpc) is 2.56. The normalized spacial score (nSPS) is 20.3. The lowest BCUT2D eigenvalue weighted by atomic mass is 10.1. The van der Waals surface area contributed by atoms with Crippen molar-refractivity contribution in [2.75, 3.05) is 55.0 Å². The molecule has 8 heteroatoms. The molecule has 0 unspecified atom stereocenters. The Bertz CT molecular complexity index is 462. The lowest BCUT2D eigenvalue weighted by Crippen LogP contribution is -2.36. The molecule has 21 heavy (non-hydrogen) atoms. The lowest BCUT2D eigenvalue weighted by molar-refractivity contribution is 0.378. The zero-order chi connectivity index (χ0) is 14.5. The molecule has 0 radical (unpaired) electrons. The molecule has 0 spiro atoms. The molecule has 0 aromatic carbocycles. The van der Waals surface area contributed by atoms with Gasteiger partial charge in [0, 0.05) is 30.6 Å². The van der Waals surface area contributed by atoms with Gasteiger partial charge in [0.25, 0.3) is 0 Å². The number of thioether (sulfide) groups is 1. The van der Waals surface area contributed by atoms with E-state index in [2.05, 4.69) is 30.5 Å². The van der Waals surface area contributed by atoms with Crippen LogP contribution in [0.4, 0.5) is 11.9 Å². The number of rotatable bonds is 4. The molecule has 7 nitrogen and oxygen atoms in total. The summed E-state index contributed by atoms with van der Waals surface area (Å²) in [5, 5.41) is 6.78. The number of anilines is 2. The van der Waals surface area contributed by atoms with Crippen molar-refractivity contribution in [2.45, 2.75) is 18.9 Å². The maximum atomic E-state index is 5.23. The molecule has 2 saturated heterocycles. The topological polar surface area (TPSA) is 75.2 Å². The fraction of sp³-hybridized carbons (Fsp3) is 0.769. The minimum absolute atomic E-state index is 0.384. The van der Waals surface area contributed by atoms with Gasteiger partial charge < -0.3 is 20.3 Å². The highest BCUT2D eigenvalue weighted by Crippen LogP contribution is 2.20. The molecular formula is C13H22N6OS. The number of nitrogens with one attached hydrogen (secondary N) is 2. The first kappa shape index (κ1) is 14.6. The molecule has 1 aromatic heterocycles. The predicted molar refractivity (Wildman–Crippen MR) is 85.4 cm³/mol. The van der Waals surface area contributed by atoms with E-state index in [4.69, 9.17) is 4.74 Å². The molecule has 116 valence electrons. The first-order valence-electron chi connectivity index (χ1n) is 7.45. The number of nitrogens with zero attached hydrogens (tertiary/aromatic N) is 4. The van der Waals surface area contributed by atoms with Crippen molar-refractivity contribution in [3.63, 3.8) is 0 Å². The quantitative estimate of drug-likeness (QED) is 0.837. The number of hydrogen-bond donors (Lipinski definition) is 2. The molecular weight excluding hydrogens is 288 g/mol. The number of ether oxygens (including phenoxy) is 1. The molecule has 3 heterocycles. The Morgan fingerprint density at radius 3 is 2.67 bits per heavy atom. The Morgan fingerprint density at radius 2 is 1.95 bits per heavy atom. The van der Waals surface area contributed by atoms with Gasteiger partial charge in [0.1, 0.15) is 0 Å². The van der Waals surface area contributed by atoms with Crippen LogP contribution in [0.1, 0.15) is 12.8 Å². The summed E-state index contributed by atoms with van der Waals surface area (Å²) in [7, 11) is 1.60. The van der Waals surface area contributed by atoms with Gasteiger partial charge in [0.05, 0.1) is 7.11 Å². The van der Waals surface area contributed by atoms with E-state index in [1.807, 2.05) is 11.8 Å². The molecule has 0 amide bonds. The van der Waals surface area contributed by atoms with Gasteiger partial charge in [-0.2, -0.15) is 26.7 Å². The van der Waals surface area contributed by atoms with Crippen LogP contribution in [0.2, 0.25) is 0 Å². The highest BCUT2D eigenvalue weighted by atomic mass is 32.2. The Morgan fingerprint density at radius 1 is 1.19 bits per heavy atom. The zero-order valence-electron chi connectivity index (χ0n) is 12.3. The van der Waals surface area contributed by atoms with Crippen LogP contribution >= 0.6 is 11.8 Å². The number of piperidine rings is 1. The van der Waals surface area contributed by atoms with E-state index in [-0.39, 0.29) is 0 Å². The predicted octanol–water partition coefficient (Wildman–Crippen LogP) is 0.597. The summed E-state index contributed by atoms with van der Waals surface area (Å²) in [6.45, 7) is 4.03. The fourth-order valence-corrected chi connectivity index (χ4v) is 3.46. The molecule has 1 aromatic rings. The van der Waals surface area contributed by atoms with E-state index in [1.54, 1.807) is 7.11 Å². The standard InChI is InChI=1S/C13H22N6OS/c1-20-13-17-11(15-10-2-4-14-5-3-10)16-12(18-13)19-6-8-21-9-7-19/h10,14H,2-9H2,1H3,(H,15,16,17,18). The third-order valence-corrected chi connectivity index (χ3v) is 4.69. The molecule has 0 aliphatic carbocycles. The van der Waals surface area contributed by atoms with Gasteiger partial charge in [-0.1, -0.05) is 0 Å². The van der Waals surface area contributed by atoms with Crippen LogP contribution in [0.25, 0.3) is 0 Å². The van der Waals surface area contributed by atoms with Crippen LogP contribution in [-0.4, -0.2) is 65.8 Å². The fourth-order valence-electron chi connectivity index (χ4n) is 2.56. The van der Waals surface area contributed by atoms with Crippen LogP contribution in [0.15, 0.2) is 0 Å². The van der Waals surface area contributed by atoms with Crippen molar-refractivity contribution in [1.82, 2.24) is 20.3 Å². The summed E-state index contributed by atoms with van der Waals surface area (Å²) in [5.74, 6) is 3.58. The third-order valence-electron chi connectivity index (χ3n) is 3.75. The smallest absolute Gasteiger partial charge is 0.322 e. The minimum atomic E-state index is 0.384. The maximum absolute atomic E-state index is 5.23. The van der Waals surface area contributed by atoms with Crippen LogP contribution in [-0.2, 0) is 0 Å². The van der Waals surface area contributed by atoms with Gasteiger partial charge >= 0.3 is 6.01 Å². The highest BCUT2D eigenvalue weighted by Gasteiger charge is 2.19. The van der Waals surface area contributed by atoms with E-state index in [0.29, 0.717) is 18.0 Å². The van der Waals surface area contributed by atoms with Gasteiger partial charge in [-0.05, 0) is 25.9 Å². The van der Waals surface area contributed by atoms with Gasteiger partial charge in [-0.3, -0.25) is 0 Å². The van der Waals surface area contributed by atoms with Crippen molar-refractivity contribution in [2.24, 2.45) is 0 Å². The summed E-state index contributed by atoms with van der Waals surface area (Å²) in [6.07, 6.45) is 2.17. The molecule has 2 fully saturated rings. The second-order valence-corrected chi connectivity index (χ2v) is 6.44. The number of methoxy groups -OCH3 is 1. The van der Waals surface area contributed by atoms with Gasteiger partial charge in [0.15, 0.2) is 0 Å². The van der Waals surface area contributed by atoms with E-state index in [9.17, 15) is 0 Å². The van der Waals surface area contributed by atoms with E-state index < -0.39 is 0 Å². The number of hydrogen-bond acceptors (Lipinski definition) is 8. The van der Waals surface area contributed by atoms with E-state index in [0.717, 1.165) is 56.5 Å². The van der Waals surface area contributed by atoms with Crippen molar-refractivity contribution in [1.29, 1.82) is 0 Å². The molecule has 2 N–H and O–H groups in total. The maximum Gasteiger partial charge on any atom is 0.322 e. The van der Waals surface area contributed by atoms with E-state index >= 15 is 0 Å². The van der Waals surface area contributed by atoms with Crippen LogP contribution in [0.3, 0.4) is 0 Å². The van der Waals surface area contributed by atoms with Crippen molar-refractivity contribution >= 4 is 23.7 Å². The summed E-state index contributed by atoms with van der Waals surface area (Å²) >= 11 is 1.97. The third kappa shape index (κ3) is 3.88. The monoisotopic (exact) mass is 310 g/mol. The molecule has 0 bridgehead atoms. The Labute approximate surface area is 129 Å². The van der Waals surface area contributed by atoms with Gasteiger partial charge in [-0.15, -0.1) is 0 Å². The molecule has 2 aliphatic rings. The zero-order valence-corrected chi connectivity index (χ0v) is 13.2. The Hall–Kier alpha value is -1.28. The summed E-state index contributed by atoms with van der Waals surface area (Å²) < 4.78 is 5.23. The molecule has 0 saturated carbocycles. The second-order valence-electron chi connectivity index (χ2n) is 5.21. The van der Waals surface area contributed by atoms with Crippen LogP contribution < -0.4 is 20.3 Å². The van der Waals surface area contributed by atoms with E-state index in [1.165, 1.54) is 0 Å². The minimum Gasteiger partial charge on any atom is -0.467 e. The van der Waals surface area contributed by atoms with Crippen molar-refractivity contribution in [3.8, 4) is 6.01 Å². The van der Waals surface area contributed by atoms with Gasteiger partial charge in [-0.25, -0.2) is 0 Å². The highest BCUT2D eigenvalue weighted by molar-refractivity contribution is 7.99. The molecule has 0 atom stereocenters. The largest absolute Gasteiger partial charge is 0.467 e. The van der Waals surface area contributed by atoms with Crippen LogP contribution in [0, 0.1) is 0 Å². The molecule has 2 aliphatic heterocycles. The number of aromatic nitrogens is 3. The Balaban J connectivity index is 1.75. The summed E-state index contributed by atoms with van der Waals surface area (Å²) in [5.41, 5.74) is 0. The summed E-state index contributed by atoms with van der Waals surface area (Å²) in [4.78, 5) is 15.5. The second kappa shape index (κ2) is 7.13. The summed E-state index contributed by atoms with van der Waals surface area (Å²) in [6, 6.07) is 0.803. The first-order valence-corrected chi connectivity index (χ1v) is 8.60. The van der Waals surface area contributed by atoms with Crippen LogP contribution in [0.5, 0.6) is 6.01 Å². The molecule has 3 rings (SSSR count). The van der Waals surface area contributed by atoms with Crippen molar-refractivity contribution in [3.05, 3.63) is 0 Å². The Kier molecular flexibility index (Phi) is 4.97. The SMILES string of the molecule is COc1nc(NC2CCNCC2)nc(N2CCSCC2)n1. The average molecular weight is 310 g/mol. The lowest BCUT2D eigenvalue weighted by Gasteiger charge is -2.27.